The van der Waals surface area contributed by atoms with E-state index < -0.39 is 0 Å². The number of nitro groups is 1. The number of hydrogen-bond acceptors (Lipinski definition) is 3. The van der Waals surface area contributed by atoms with Crippen LogP contribution in [0.3, 0.4) is 0 Å². The summed E-state index contributed by atoms with van der Waals surface area (Å²) in [6, 6.07) is 14.8. The number of nitro benzene ring substituents is 1. The van der Waals surface area contributed by atoms with Crippen molar-refractivity contribution >= 4 is 17.6 Å². The second kappa shape index (κ2) is 6.96. The van der Waals surface area contributed by atoms with Crippen molar-refractivity contribution in [2.24, 2.45) is 4.99 Å². The summed E-state index contributed by atoms with van der Waals surface area (Å²) in [6.07, 6.45) is 1.85. The van der Waals surface area contributed by atoms with Crippen LogP contribution in [0.15, 0.2) is 53.5 Å². The molecule has 3 aromatic rings. The lowest BCUT2D eigenvalue weighted by molar-refractivity contribution is -0.384. The lowest BCUT2D eigenvalue weighted by Gasteiger charge is -2.09. The highest BCUT2D eigenvalue weighted by atomic mass is 16.6. The number of aromatic nitrogens is 1. The lowest BCUT2D eigenvalue weighted by Crippen LogP contribution is -2.00. The molecule has 0 saturated carbocycles. The molecule has 0 aliphatic heterocycles. The zero-order valence-electron chi connectivity index (χ0n) is 15.4. The normalized spacial score (nSPS) is 11.2. The van der Waals surface area contributed by atoms with Crippen LogP contribution in [0.25, 0.3) is 5.69 Å². The van der Waals surface area contributed by atoms with Gasteiger partial charge in [-0.3, -0.25) is 15.1 Å². The fourth-order valence-electron chi connectivity index (χ4n) is 3.01. The van der Waals surface area contributed by atoms with E-state index in [0.29, 0.717) is 0 Å². The van der Waals surface area contributed by atoms with Gasteiger partial charge in [0.2, 0.25) is 0 Å². The Morgan fingerprint density at radius 2 is 1.77 bits per heavy atom. The zero-order chi connectivity index (χ0) is 18.8. The number of hydrogen-bond donors (Lipinski definition) is 0. The Balaban J connectivity index is 1.98. The van der Waals surface area contributed by atoms with E-state index in [1.54, 1.807) is 12.1 Å². The van der Waals surface area contributed by atoms with Gasteiger partial charge in [0.15, 0.2) is 0 Å². The first kappa shape index (κ1) is 17.6. The van der Waals surface area contributed by atoms with E-state index in [0.717, 1.165) is 28.3 Å². The van der Waals surface area contributed by atoms with Gasteiger partial charge in [0, 0.05) is 35.3 Å². The molecule has 1 aromatic heterocycles. The summed E-state index contributed by atoms with van der Waals surface area (Å²) < 4.78 is 2.01. The number of non-ortho nitro benzene ring substituents is 1. The van der Waals surface area contributed by atoms with Crippen LogP contribution in [0.1, 0.15) is 28.1 Å². The first-order chi connectivity index (χ1) is 12.4. The van der Waals surface area contributed by atoms with E-state index in [1.165, 1.54) is 17.2 Å². The maximum Gasteiger partial charge on any atom is 0.271 e. The van der Waals surface area contributed by atoms with Crippen molar-refractivity contribution in [2.45, 2.75) is 27.7 Å². The average molecular weight is 347 g/mol. The summed E-state index contributed by atoms with van der Waals surface area (Å²) in [6.45, 7) is 8.13. The van der Waals surface area contributed by atoms with E-state index >= 15 is 0 Å². The Bertz CT molecular complexity index is 1020. The highest BCUT2D eigenvalue weighted by Gasteiger charge is 2.12. The van der Waals surface area contributed by atoms with Crippen LogP contribution in [-0.2, 0) is 0 Å². The highest BCUT2D eigenvalue weighted by molar-refractivity contribution is 5.84. The summed E-state index contributed by atoms with van der Waals surface area (Å²) in [5.41, 5.74) is 7.22. The summed E-state index contributed by atoms with van der Waals surface area (Å²) in [4.78, 5) is 15.3. The van der Waals surface area contributed by atoms with Crippen LogP contribution in [0.4, 0.5) is 11.4 Å². The summed E-state index contributed by atoms with van der Waals surface area (Å²) in [5, 5.41) is 11.0. The van der Waals surface area contributed by atoms with Gasteiger partial charge in [-0.1, -0.05) is 12.1 Å². The van der Waals surface area contributed by atoms with Crippen LogP contribution < -0.4 is 0 Å². The van der Waals surface area contributed by atoms with E-state index in [-0.39, 0.29) is 10.6 Å². The first-order valence-electron chi connectivity index (χ1n) is 8.42. The van der Waals surface area contributed by atoms with Crippen molar-refractivity contribution in [3.05, 3.63) is 86.7 Å². The molecule has 0 aliphatic rings. The predicted molar refractivity (Wildman–Crippen MR) is 105 cm³/mol. The Hall–Kier alpha value is -3.21. The quantitative estimate of drug-likeness (QED) is 0.362. The smallest absolute Gasteiger partial charge is 0.271 e. The molecule has 0 atom stereocenters. The number of nitrogens with zero attached hydrogens (tertiary/aromatic N) is 3. The Morgan fingerprint density at radius 3 is 2.46 bits per heavy atom. The molecule has 0 amide bonds. The first-order valence-corrected chi connectivity index (χ1v) is 8.42. The third kappa shape index (κ3) is 3.42. The minimum atomic E-state index is -0.375. The third-order valence-corrected chi connectivity index (χ3v) is 4.61. The number of aliphatic imine (C=N–C) groups is 1. The molecule has 0 saturated heterocycles. The predicted octanol–water partition coefficient (Wildman–Crippen LogP) is 5.37. The summed E-state index contributed by atoms with van der Waals surface area (Å²) >= 11 is 0. The fourth-order valence-corrected chi connectivity index (χ4v) is 3.01. The molecule has 1 heterocycles. The topological polar surface area (TPSA) is 60.4 Å². The van der Waals surface area contributed by atoms with Gasteiger partial charge in [0.05, 0.1) is 16.3 Å². The second-order valence-corrected chi connectivity index (χ2v) is 6.47. The zero-order valence-corrected chi connectivity index (χ0v) is 15.4. The van der Waals surface area contributed by atoms with Crippen LogP contribution in [0.2, 0.25) is 0 Å². The molecule has 5 nitrogen and oxygen atoms in total. The van der Waals surface area contributed by atoms with Crippen LogP contribution >= 0.6 is 0 Å². The van der Waals surface area contributed by atoms with Gasteiger partial charge in [-0.05, 0) is 63.1 Å². The maximum atomic E-state index is 11.0. The fraction of sp³-hybridized carbons (Fsp3) is 0.190. The van der Waals surface area contributed by atoms with Gasteiger partial charge in [-0.15, -0.1) is 0 Å². The third-order valence-electron chi connectivity index (χ3n) is 4.61. The highest BCUT2D eigenvalue weighted by Crippen LogP contribution is 2.24. The van der Waals surface area contributed by atoms with Crippen molar-refractivity contribution < 1.29 is 4.92 Å². The van der Waals surface area contributed by atoms with Crippen molar-refractivity contribution in [1.82, 2.24) is 4.57 Å². The van der Waals surface area contributed by atoms with Crippen molar-refractivity contribution in [3.63, 3.8) is 0 Å². The Kier molecular flexibility index (Phi) is 4.71. The molecular formula is C21H21N3O2. The molecule has 0 radical (unpaired) electrons. The van der Waals surface area contributed by atoms with E-state index in [2.05, 4.69) is 31.0 Å². The lowest BCUT2D eigenvalue weighted by atomic mass is 10.1. The van der Waals surface area contributed by atoms with E-state index in [9.17, 15) is 10.1 Å². The molecule has 0 spiro atoms. The van der Waals surface area contributed by atoms with Crippen LogP contribution in [0, 0.1) is 37.8 Å². The largest absolute Gasteiger partial charge is 0.318 e. The van der Waals surface area contributed by atoms with E-state index in [1.807, 2.05) is 42.8 Å². The molecule has 0 N–H and O–H groups in total. The second-order valence-electron chi connectivity index (χ2n) is 6.47. The molecule has 5 heteroatoms. The minimum absolute atomic E-state index is 0.0837. The molecule has 0 unspecified atom stereocenters. The molecule has 2 aromatic carbocycles. The molecule has 26 heavy (non-hydrogen) atoms. The summed E-state index contributed by atoms with van der Waals surface area (Å²) in [7, 11) is 0. The number of rotatable bonds is 4. The Morgan fingerprint density at radius 1 is 1.00 bits per heavy atom. The summed E-state index contributed by atoms with van der Waals surface area (Å²) in [5.74, 6) is 0. The van der Waals surface area contributed by atoms with Gasteiger partial charge in [-0.2, -0.15) is 0 Å². The maximum absolute atomic E-state index is 11.0. The standard InChI is InChI=1S/C21H21N3O2/c1-14-8-9-19(10-15(14)2)22-13-18-11-16(3)23(17(18)4)20-6-5-7-21(12-20)24(25)26/h5-13H,1-4H3. The average Bonchev–Trinajstić information content (AvgIpc) is 2.89. The molecule has 3 rings (SSSR count). The minimum Gasteiger partial charge on any atom is -0.318 e. The monoisotopic (exact) mass is 347 g/mol. The van der Waals surface area contributed by atoms with Gasteiger partial charge in [0.1, 0.15) is 0 Å². The molecule has 0 bridgehead atoms. The van der Waals surface area contributed by atoms with Gasteiger partial charge in [-0.25, -0.2) is 0 Å². The molecule has 132 valence electrons. The number of aryl methyl sites for hydroxylation is 3. The van der Waals surface area contributed by atoms with E-state index in [4.69, 9.17) is 0 Å². The van der Waals surface area contributed by atoms with Crippen molar-refractivity contribution in [1.29, 1.82) is 0 Å². The van der Waals surface area contributed by atoms with Crippen molar-refractivity contribution in [2.75, 3.05) is 0 Å². The van der Waals surface area contributed by atoms with Gasteiger partial charge < -0.3 is 4.57 Å². The van der Waals surface area contributed by atoms with Crippen molar-refractivity contribution in [3.8, 4) is 5.69 Å². The number of benzene rings is 2. The SMILES string of the molecule is Cc1ccc(N=Cc2cc(C)n(-c3cccc([N+](=O)[O-])c3)c2C)cc1C. The molecular weight excluding hydrogens is 326 g/mol. The van der Waals surface area contributed by atoms with Crippen LogP contribution in [0.5, 0.6) is 0 Å². The van der Waals surface area contributed by atoms with Crippen LogP contribution in [-0.4, -0.2) is 15.7 Å². The molecule has 0 aliphatic carbocycles. The molecule has 0 fully saturated rings. The Labute approximate surface area is 152 Å². The van der Waals surface area contributed by atoms with Gasteiger partial charge >= 0.3 is 0 Å². The van der Waals surface area contributed by atoms with Gasteiger partial charge in [0.25, 0.3) is 5.69 Å².